The number of hydrogen-bond acceptors (Lipinski definition) is 5. The number of aromatic nitrogens is 4. The van der Waals surface area contributed by atoms with E-state index in [1.165, 1.54) is 17.8 Å². The van der Waals surface area contributed by atoms with Crippen LogP contribution in [0.25, 0.3) is 5.52 Å². The van der Waals surface area contributed by atoms with Crippen LogP contribution in [0.1, 0.15) is 24.0 Å². The fourth-order valence-corrected chi connectivity index (χ4v) is 4.46. The first kappa shape index (κ1) is 19.9. The summed E-state index contributed by atoms with van der Waals surface area (Å²) in [6, 6.07) is 10.8. The number of benzene rings is 1. The second-order valence-corrected chi connectivity index (χ2v) is 8.68. The van der Waals surface area contributed by atoms with E-state index in [2.05, 4.69) is 59.9 Å². The summed E-state index contributed by atoms with van der Waals surface area (Å²) in [7, 11) is 0. The van der Waals surface area contributed by atoms with Crippen molar-refractivity contribution in [3.8, 4) is 0 Å². The van der Waals surface area contributed by atoms with Crippen molar-refractivity contribution in [1.82, 2.24) is 19.6 Å². The van der Waals surface area contributed by atoms with Gasteiger partial charge in [-0.1, -0.05) is 19.1 Å². The minimum absolute atomic E-state index is 0.113. The Bertz CT molecular complexity index is 1180. The largest absolute Gasteiger partial charge is 0.366 e. The second kappa shape index (κ2) is 8.26. The van der Waals surface area contributed by atoms with Gasteiger partial charge in [0, 0.05) is 61.4 Å². The minimum atomic E-state index is -0.223. The Morgan fingerprint density at radius 3 is 2.32 bits per heavy atom. The Balaban J connectivity index is 1.27. The van der Waals surface area contributed by atoms with Crippen molar-refractivity contribution in [3.05, 3.63) is 82.6 Å². The van der Waals surface area contributed by atoms with Crippen LogP contribution in [0.5, 0.6) is 0 Å². The monoisotopic (exact) mass is 480 g/mol. The third-order valence-corrected chi connectivity index (χ3v) is 6.32. The molecule has 1 aliphatic heterocycles. The van der Waals surface area contributed by atoms with E-state index in [0.29, 0.717) is 0 Å². The zero-order chi connectivity index (χ0) is 21.4. The first-order chi connectivity index (χ1) is 15.1. The lowest BCUT2D eigenvalue weighted by atomic mass is 9.95. The van der Waals surface area contributed by atoms with E-state index in [0.717, 1.165) is 53.2 Å². The lowest BCUT2D eigenvalue weighted by Crippen LogP contribution is -2.47. The van der Waals surface area contributed by atoms with Gasteiger partial charge >= 0.3 is 0 Å². The zero-order valence-electron chi connectivity index (χ0n) is 17.1. The number of anilines is 2. The molecule has 0 bridgehead atoms. The van der Waals surface area contributed by atoms with Crippen molar-refractivity contribution in [1.29, 1.82) is 0 Å². The summed E-state index contributed by atoms with van der Waals surface area (Å²) in [4.78, 5) is 13.8. The number of hydrogen-bond donors (Lipinski definition) is 0. The van der Waals surface area contributed by atoms with Crippen LogP contribution in [0.2, 0.25) is 0 Å². The van der Waals surface area contributed by atoms with Gasteiger partial charge in [-0.3, -0.25) is 0 Å². The van der Waals surface area contributed by atoms with Crippen LogP contribution in [0.15, 0.2) is 65.7 Å². The van der Waals surface area contributed by atoms with Crippen LogP contribution in [-0.2, 0) is 0 Å². The number of halogens is 2. The molecule has 0 radical (unpaired) electrons. The number of nitrogens with zero attached hydrogens (tertiary/aromatic N) is 6. The molecule has 0 unspecified atom stereocenters. The van der Waals surface area contributed by atoms with Gasteiger partial charge in [0.15, 0.2) is 0 Å². The summed E-state index contributed by atoms with van der Waals surface area (Å²) in [6.07, 6.45) is 7.57. The highest BCUT2D eigenvalue weighted by Crippen LogP contribution is 2.27. The second-order valence-electron chi connectivity index (χ2n) is 7.77. The maximum Gasteiger partial charge on any atom is 0.225 e. The summed E-state index contributed by atoms with van der Waals surface area (Å²) < 4.78 is 16.1. The van der Waals surface area contributed by atoms with Gasteiger partial charge in [0.1, 0.15) is 5.82 Å². The molecule has 31 heavy (non-hydrogen) atoms. The molecule has 1 atom stereocenters. The summed E-state index contributed by atoms with van der Waals surface area (Å²) >= 11 is 3.54. The molecule has 0 spiro atoms. The molecule has 0 amide bonds. The average Bonchev–Trinajstić information content (AvgIpc) is 3.20. The van der Waals surface area contributed by atoms with Crippen molar-refractivity contribution in [2.45, 2.75) is 12.8 Å². The number of fused-ring (bicyclic) bond motifs is 1. The highest BCUT2D eigenvalue weighted by Gasteiger charge is 2.21. The molecule has 0 aliphatic carbocycles. The summed E-state index contributed by atoms with van der Waals surface area (Å²) in [5.41, 5.74) is 4.35. The van der Waals surface area contributed by atoms with E-state index in [9.17, 15) is 4.39 Å². The molecular formula is C23H22BrFN6. The molecule has 3 aromatic heterocycles. The van der Waals surface area contributed by atoms with E-state index in [4.69, 9.17) is 0 Å². The molecule has 158 valence electrons. The SMILES string of the molecule is C[C@H](c1ccc(F)cc1)c1cnc(N2CCN(c3ccnn4cc(Br)cc34)CC2)nc1. The van der Waals surface area contributed by atoms with Gasteiger partial charge in [0.25, 0.3) is 0 Å². The van der Waals surface area contributed by atoms with Crippen LogP contribution in [-0.4, -0.2) is 45.8 Å². The smallest absolute Gasteiger partial charge is 0.225 e. The highest BCUT2D eigenvalue weighted by atomic mass is 79.9. The van der Waals surface area contributed by atoms with Gasteiger partial charge in [-0.2, -0.15) is 5.10 Å². The van der Waals surface area contributed by atoms with Gasteiger partial charge in [-0.05, 0) is 51.3 Å². The van der Waals surface area contributed by atoms with Crippen molar-refractivity contribution in [2.24, 2.45) is 0 Å². The highest BCUT2D eigenvalue weighted by molar-refractivity contribution is 9.10. The van der Waals surface area contributed by atoms with Gasteiger partial charge in [-0.15, -0.1) is 0 Å². The standard InChI is InChI=1S/C23H22BrFN6/c1-16(17-2-4-20(25)5-3-17)18-13-26-23(27-14-18)30-10-8-29(9-11-30)21-6-7-28-31-15-19(24)12-22(21)31/h2-7,12-16H,8-11H2,1H3/t16-/m1/s1. The van der Waals surface area contributed by atoms with Crippen molar-refractivity contribution < 1.29 is 4.39 Å². The molecule has 1 aromatic carbocycles. The molecular weight excluding hydrogens is 459 g/mol. The van der Waals surface area contributed by atoms with Crippen LogP contribution in [0.4, 0.5) is 16.0 Å². The minimum Gasteiger partial charge on any atom is -0.366 e. The third-order valence-electron chi connectivity index (χ3n) is 5.88. The molecule has 1 fully saturated rings. The first-order valence-corrected chi connectivity index (χ1v) is 11.1. The topological polar surface area (TPSA) is 49.6 Å². The molecule has 0 N–H and O–H groups in total. The van der Waals surface area contributed by atoms with Crippen LogP contribution in [0, 0.1) is 5.82 Å². The van der Waals surface area contributed by atoms with Crippen LogP contribution < -0.4 is 9.80 Å². The molecule has 5 rings (SSSR count). The average molecular weight is 481 g/mol. The number of rotatable bonds is 4. The Morgan fingerprint density at radius 2 is 1.61 bits per heavy atom. The van der Waals surface area contributed by atoms with E-state index >= 15 is 0 Å². The van der Waals surface area contributed by atoms with Crippen LogP contribution >= 0.6 is 15.9 Å². The molecule has 1 saturated heterocycles. The predicted molar refractivity (Wildman–Crippen MR) is 123 cm³/mol. The van der Waals surface area contributed by atoms with Crippen molar-refractivity contribution in [3.63, 3.8) is 0 Å². The molecule has 8 heteroatoms. The number of piperazine rings is 1. The quantitative estimate of drug-likeness (QED) is 0.430. The van der Waals surface area contributed by atoms with Gasteiger partial charge in [0.05, 0.1) is 11.2 Å². The fraction of sp³-hybridized carbons (Fsp3) is 0.261. The maximum absolute atomic E-state index is 13.2. The Labute approximate surface area is 188 Å². The van der Waals surface area contributed by atoms with E-state index in [-0.39, 0.29) is 11.7 Å². The zero-order valence-corrected chi connectivity index (χ0v) is 18.7. The van der Waals surface area contributed by atoms with E-state index < -0.39 is 0 Å². The molecule has 1 aliphatic rings. The summed E-state index contributed by atoms with van der Waals surface area (Å²) in [5.74, 6) is 0.640. The third kappa shape index (κ3) is 3.99. The lowest BCUT2D eigenvalue weighted by Gasteiger charge is -2.36. The van der Waals surface area contributed by atoms with Crippen LogP contribution in [0.3, 0.4) is 0 Å². The molecule has 4 aromatic rings. The molecule has 6 nitrogen and oxygen atoms in total. The van der Waals surface area contributed by atoms with Gasteiger partial charge in [0.2, 0.25) is 5.95 Å². The Kier molecular flexibility index (Phi) is 5.31. The Morgan fingerprint density at radius 1 is 0.935 bits per heavy atom. The molecule has 4 heterocycles. The van der Waals surface area contributed by atoms with Crippen molar-refractivity contribution in [2.75, 3.05) is 36.0 Å². The first-order valence-electron chi connectivity index (χ1n) is 10.3. The van der Waals surface area contributed by atoms with Gasteiger partial charge in [-0.25, -0.2) is 18.9 Å². The lowest BCUT2D eigenvalue weighted by molar-refractivity contribution is 0.626. The fourth-order valence-electron chi connectivity index (χ4n) is 4.05. The summed E-state index contributed by atoms with van der Waals surface area (Å²) in [5, 5.41) is 4.38. The van der Waals surface area contributed by atoms with E-state index in [1.807, 2.05) is 41.4 Å². The van der Waals surface area contributed by atoms with Gasteiger partial charge < -0.3 is 9.80 Å². The summed E-state index contributed by atoms with van der Waals surface area (Å²) in [6.45, 7) is 5.56. The van der Waals surface area contributed by atoms with Crippen molar-refractivity contribution >= 4 is 33.1 Å². The Hall–Kier alpha value is -3.00. The normalized spacial score (nSPS) is 15.5. The van der Waals surface area contributed by atoms with E-state index in [1.54, 1.807) is 0 Å². The molecule has 0 saturated carbocycles. The predicted octanol–water partition coefficient (Wildman–Crippen LogP) is 4.50. The maximum atomic E-state index is 13.2.